The maximum absolute atomic E-state index is 11.0. The summed E-state index contributed by atoms with van der Waals surface area (Å²) in [7, 11) is 0. The molecule has 5 heteroatoms. The Morgan fingerprint density at radius 1 is 1.61 bits per heavy atom. The molecule has 1 N–H and O–H groups in total. The van der Waals surface area contributed by atoms with Gasteiger partial charge in [0.15, 0.2) is 0 Å². The lowest BCUT2D eigenvalue weighted by molar-refractivity contribution is -0.0526. The summed E-state index contributed by atoms with van der Waals surface area (Å²) >= 11 is 1.36. The molecule has 18 heavy (non-hydrogen) atoms. The van der Waals surface area contributed by atoms with Crippen molar-refractivity contribution in [2.24, 2.45) is 0 Å². The molecule has 0 spiro atoms. The maximum atomic E-state index is 11.0. The summed E-state index contributed by atoms with van der Waals surface area (Å²) in [5, 5.41) is 9.00. The molecule has 2 unspecified atom stereocenters. The van der Waals surface area contributed by atoms with Crippen LogP contribution in [0.25, 0.3) is 0 Å². The third-order valence-electron chi connectivity index (χ3n) is 3.34. The Morgan fingerprint density at radius 2 is 2.33 bits per heavy atom. The normalized spacial score (nSPS) is 25.3. The number of aromatic carboxylic acids is 1. The van der Waals surface area contributed by atoms with E-state index in [1.807, 2.05) is 6.92 Å². The molecule has 0 aliphatic carbocycles. The van der Waals surface area contributed by atoms with Gasteiger partial charge in [-0.15, -0.1) is 11.3 Å². The molecule has 1 aromatic rings. The molecule has 2 heterocycles. The first-order chi connectivity index (χ1) is 8.47. The summed E-state index contributed by atoms with van der Waals surface area (Å²) in [6.07, 6.45) is 0.249. The van der Waals surface area contributed by atoms with Crippen LogP contribution in [0.3, 0.4) is 0 Å². The number of nitrogens with zero attached hydrogens (tertiary/aromatic N) is 1. The van der Waals surface area contributed by atoms with Crippen LogP contribution in [0, 0.1) is 6.92 Å². The topological polar surface area (TPSA) is 49.8 Å². The molecule has 1 saturated heterocycles. The number of thiophene rings is 1. The van der Waals surface area contributed by atoms with Gasteiger partial charge < -0.3 is 9.84 Å². The molecule has 0 saturated carbocycles. The van der Waals surface area contributed by atoms with Gasteiger partial charge in [-0.05, 0) is 32.4 Å². The number of carboxylic acid groups (broad SMARTS) is 1. The van der Waals surface area contributed by atoms with Gasteiger partial charge in [0.05, 0.1) is 12.7 Å². The number of hydrogen-bond donors (Lipinski definition) is 1. The first kappa shape index (κ1) is 13.5. The molecular formula is C13H19NO3S. The van der Waals surface area contributed by atoms with E-state index in [-0.39, 0.29) is 6.10 Å². The second-order valence-electron chi connectivity index (χ2n) is 4.92. The molecule has 1 aliphatic rings. The summed E-state index contributed by atoms with van der Waals surface area (Å²) in [6, 6.07) is 2.18. The zero-order chi connectivity index (χ0) is 13.3. The highest BCUT2D eigenvalue weighted by Crippen LogP contribution is 2.24. The van der Waals surface area contributed by atoms with E-state index in [4.69, 9.17) is 9.84 Å². The quantitative estimate of drug-likeness (QED) is 0.915. The van der Waals surface area contributed by atoms with E-state index >= 15 is 0 Å². The lowest BCUT2D eigenvalue weighted by Gasteiger charge is -2.36. The molecule has 100 valence electrons. The van der Waals surface area contributed by atoms with Crippen LogP contribution in [-0.4, -0.2) is 41.3 Å². The van der Waals surface area contributed by atoms with Crippen molar-refractivity contribution in [1.29, 1.82) is 0 Å². The van der Waals surface area contributed by atoms with Gasteiger partial charge in [0, 0.05) is 24.0 Å². The molecule has 1 aliphatic heterocycles. The fraction of sp³-hybridized carbons (Fsp3) is 0.615. The Balaban J connectivity index is 2.10. The minimum atomic E-state index is -0.835. The lowest BCUT2D eigenvalue weighted by atomic mass is 10.1. The minimum absolute atomic E-state index is 0.249. The van der Waals surface area contributed by atoms with Gasteiger partial charge in [-0.2, -0.15) is 0 Å². The van der Waals surface area contributed by atoms with Crippen LogP contribution in [0.15, 0.2) is 6.07 Å². The highest BCUT2D eigenvalue weighted by molar-refractivity contribution is 7.14. The number of hydrogen-bond acceptors (Lipinski definition) is 4. The summed E-state index contributed by atoms with van der Waals surface area (Å²) in [4.78, 5) is 14.8. The molecule has 1 aromatic heterocycles. The van der Waals surface area contributed by atoms with Crippen molar-refractivity contribution in [1.82, 2.24) is 4.90 Å². The van der Waals surface area contributed by atoms with Crippen molar-refractivity contribution in [3.63, 3.8) is 0 Å². The van der Waals surface area contributed by atoms with Crippen LogP contribution in [0.2, 0.25) is 0 Å². The largest absolute Gasteiger partial charge is 0.477 e. The first-order valence-electron chi connectivity index (χ1n) is 6.15. The lowest BCUT2D eigenvalue weighted by Crippen LogP contribution is -2.46. The Bertz CT molecular complexity index is 443. The van der Waals surface area contributed by atoms with Crippen molar-refractivity contribution in [2.45, 2.75) is 39.5 Å². The molecule has 0 amide bonds. The van der Waals surface area contributed by atoms with E-state index < -0.39 is 5.97 Å². The number of carbonyl (C=O) groups is 1. The van der Waals surface area contributed by atoms with Gasteiger partial charge in [0.25, 0.3) is 0 Å². The number of carboxylic acids is 1. The second kappa shape index (κ2) is 5.38. The average molecular weight is 269 g/mol. The number of aryl methyl sites for hydroxylation is 1. The predicted octanol–water partition coefficient (Wildman–Crippen LogP) is 2.36. The van der Waals surface area contributed by atoms with Crippen LogP contribution >= 0.6 is 11.3 Å². The van der Waals surface area contributed by atoms with Crippen LogP contribution in [-0.2, 0) is 11.3 Å². The van der Waals surface area contributed by atoms with E-state index in [2.05, 4.69) is 18.7 Å². The van der Waals surface area contributed by atoms with E-state index in [0.717, 1.165) is 30.1 Å². The fourth-order valence-corrected chi connectivity index (χ4v) is 3.07. The van der Waals surface area contributed by atoms with E-state index in [1.165, 1.54) is 11.3 Å². The van der Waals surface area contributed by atoms with Crippen molar-refractivity contribution in [3.8, 4) is 0 Å². The molecule has 0 aromatic carbocycles. The molecular weight excluding hydrogens is 250 g/mol. The number of ether oxygens (including phenoxy) is 1. The van der Waals surface area contributed by atoms with Gasteiger partial charge >= 0.3 is 5.97 Å². The van der Waals surface area contributed by atoms with Crippen molar-refractivity contribution in [3.05, 3.63) is 21.4 Å². The summed E-state index contributed by atoms with van der Waals surface area (Å²) in [6.45, 7) is 8.66. The van der Waals surface area contributed by atoms with Crippen molar-refractivity contribution < 1.29 is 14.6 Å². The highest BCUT2D eigenvalue weighted by atomic mass is 32.1. The average Bonchev–Trinajstić information content (AvgIpc) is 2.66. The predicted molar refractivity (Wildman–Crippen MR) is 71.3 cm³/mol. The number of rotatable bonds is 3. The Morgan fingerprint density at radius 3 is 2.94 bits per heavy atom. The Hall–Kier alpha value is -0.910. The van der Waals surface area contributed by atoms with Crippen LogP contribution in [0.4, 0.5) is 0 Å². The summed E-state index contributed by atoms with van der Waals surface area (Å²) in [5.74, 6) is -0.835. The van der Waals surface area contributed by atoms with E-state index in [1.54, 1.807) is 6.07 Å². The molecule has 0 radical (unpaired) electrons. The monoisotopic (exact) mass is 269 g/mol. The smallest absolute Gasteiger partial charge is 0.345 e. The summed E-state index contributed by atoms with van der Waals surface area (Å²) in [5.41, 5.74) is 1.12. The third-order valence-corrected chi connectivity index (χ3v) is 4.42. The van der Waals surface area contributed by atoms with Crippen LogP contribution < -0.4 is 0 Å². The molecule has 4 nitrogen and oxygen atoms in total. The molecule has 0 bridgehead atoms. The molecule has 1 fully saturated rings. The SMILES string of the molecule is Cc1sc(C(=O)O)cc1CN1CC(C)OCC1C. The third kappa shape index (κ3) is 2.91. The Kier molecular flexibility index (Phi) is 4.04. The number of morpholine rings is 1. The zero-order valence-electron chi connectivity index (χ0n) is 11.0. The van der Waals surface area contributed by atoms with E-state index in [9.17, 15) is 4.79 Å². The van der Waals surface area contributed by atoms with Gasteiger partial charge in [-0.1, -0.05) is 0 Å². The van der Waals surface area contributed by atoms with Gasteiger partial charge in [0.2, 0.25) is 0 Å². The highest BCUT2D eigenvalue weighted by Gasteiger charge is 2.24. The zero-order valence-corrected chi connectivity index (χ0v) is 11.8. The molecule has 2 rings (SSSR count). The van der Waals surface area contributed by atoms with Crippen molar-refractivity contribution in [2.75, 3.05) is 13.2 Å². The minimum Gasteiger partial charge on any atom is -0.477 e. The van der Waals surface area contributed by atoms with E-state index in [0.29, 0.717) is 10.9 Å². The van der Waals surface area contributed by atoms with Gasteiger partial charge in [-0.3, -0.25) is 4.90 Å². The van der Waals surface area contributed by atoms with Crippen molar-refractivity contribution >= 4 is 17.3 Å². The maximum Gasteiger partial charge on any atom is 0.345 e. The Labute approximate surface area is 111 Å². The second-order valence-corrected chi connectivity index (χ2v) is 6.18. The van der Waals surface area contributed by atoms with Gasteiger partial charge in [0.1, 0.15) is 4.88 Å². The van der Waals surface area contributed by atoms with Crippen LogP contribution in [0.5, 0.6) is 0 Å². The summed E-state index contributed by atoms with van der Waals surface area (Å²) < 4.78 is 5.60. The standard InChI is InChI=1S/C13H19NO3S/c1-8-7-17-9(2)5-14(8)6-11-4-12(13(15)16)18-10(11)3/h4,8-9H,5-7H2,1-3H3,(H,15,16). The first-order valence-corrected chi connectivity index (χ1v) is 6.97. The van der Waals surface area contributed by atoms with Crippen LogP contribution in [0.1, 0.15) is 34.0 Å². The van der Waals surface area contributed by atoms with Gasteiger partial charge in [-0.25, -0.2) is 4.79 Å². The fourth-order valence-electron chi connectivity index (χ4n) is 2.19. The molecule has 2 atom stereocenters.